The molecular formula is C13H13NO2. The molecule has 2 aliphatic rings. The van der Waals surface area contributed by atoms with E-state index in [0.29, 0.717) is 0 Å². The quantitative estimate of drug-likeness (QED) is 0.706. The first-order chi connectivity index (χ1) is 7.81. The topological polar surface area (TPSA) is 29.5 Å². The molecular weight excluding hydrogens is 202 g/mol. The van der Waals surface area contributed by atoms with Crippen molar-refractivity contribution in [3.05, 3.63) is 36.4 Å². The summed E-state index contributed by atoms with van der Waals surface area (Å²) in [6.45, 7) is 0. The number of ether oxygens (including phenoxy) is 1. The van der Waals surface area contributed by atoms with E-state index in [0.717, 1.165) is 17.9 Å². The van der Waals surface area contributed by atoms with Gasteiger partial charge in [-0.25, -0.2) is 0 Å². The Hall–Kier alpha value is -1.77. The van der Waals surface area contributed by atoms with E-state index in [-0.39, 0.29) is 17.9 Å². The summed E-state index contributed by atoms with van der Waals surface area (Å²) in [4.78, 5) is 13.9. The number of nitrogens with zero attached hydrogens (tertiary/aromatic N) is 1. The minimum atomic E-state index is 0.0786. The van der Waals surface area contributed by atoms with Crippen molar-refractivity contribution in [1.82, 2.24) is 0 Å². The van der Waals surface area contributed by atoms with E-state index in [4.69, 9.17) is 4.74 Å². The zero-order chi connectivity index (χ0) is 11.1. The Morgan fingerprint density at radius 1 is 1.31 bits per heavy atom. The Balaban J connectivity index is 2.04. The highest BCUT2D eigenvalue weighted by molar-refractivity contribution is 6.01. The standard InChI is InChI=1S/C13H13NO2/c1-16-12-5-3-2-4-11(12)14-10-7-6-9(8-10)13(14)15/h2-7,9-10H,8H2,1H3. The third-order valence-corrected chi connectivity index (χ3v) is 3.29. The second kappa shape index (κ2) is 3.37. The molecule has 1 aliphatic heterocycles. The van der Waals surface area contributed by atoms with Crippen LogP contribution < -0.4 is 9.64 Å². The van der Waals surface area contributed by atoms with Crippen LogP contribution in [0.5, 0.6) is 5.75 Å². The number of hydrogen-bond donors (Lipinski definition) is 0. The van der Waals surface area contributed by atoms with Crippen LogP contribution in [0.3, 0.4) is 0 Å². The highest BCUT2D eigenvalue weighted by Crippen LogP contribution is 2.40. The molecule has 82 valence electrons. The molecule has 3 heteroatoms. The summed E-state index contributed by atoms with van der Waals surface area (Å²) < 4.78 is 5.30. The molecule has 0 spiro atoms. The average molecular weight is 215 g/mol. The zero-order valence-electron chi connectivity index (χ0n) is 9.09. The molecule has 1 heterocycles. The molecule has 2 bridgehead atoms. The van der Waals surface area contributed by atoms with Crippen molar-refractivity contribution in [3.8, 4) is 5.75 Å². The number of para-hydroxylation sites is 2. The minimum Gasteiger partial charge on any atom is -0.495 e. The first kappa shape index (κ1) is 9.46. The molecule has 1 saturated heterocycles. The minimum absolute atomic E-state index is 0.0786. The van der Waals surface area contributed by atoms with E-state index in [1.165, 1.54) is 0 Å². The predicted octanol–water partition coefficient (Wildman–Crippen LogP) is 1.99. The van der Waals surface area contributed by atoms with Gasteiger partial charge in [-0.15, -0.1) is 0 Å². The SMILES string of the molecule is COc1ccccc1N1C(=O)C2C=CC1C2. The van der Waals surface area contributed by atoms with Gasteiger partial charge in [0.1, 0.15) is 5.75 Å². The third kappa shape index (κ3) is 1.18. The number of rotatable bonds is 2. The number of methoxy groups -OCH3 is 1. The fourth-order valence-electron chi connectivity index (χ4n) is 2.52. The van der Waals surface area contributed by atoms with Gasteiger partial charge in [0.2, 0.25) is 5.91 Å². The van der Waals surface area contributed by atoms with E-state index in [1.807, 2.05) is 35.2 Å². The van der Waals surface area contributed by atoms with Gasteiger partial charge in [-0.3, -0.25) is 4.79 Å². The van der Waals surface area contributed by atoms with Gasteiger partial charge in [-0.05, 0) is 18.6 Å². The summed E-state index contributed by atoms with van der Waals surface area (Å²) >= 11 is 0. The first-order valence-corrected chi connectivity index (χ1v) is 5.45. The summed E-state index contributed by atoms with van der Waals surface area (Å²) in [6, 6.07) is 7.88. The second-order valence-electron chi connectivity index (χ2n) is 4.17. The zero-order valence-corrected chi connectivity index (χ0v) is 9.09. The first-order valence-electron chi connectivity index (χ1n) is 5.45. The van der Waals surface area contributed by atoms with E-state index < -0.39 is 0 Å². The lowest BCUT2D eigenvalue weighted by Gasteiger charge is -2.25. The van der Waals surface area contributed by atoms with E-state index in [2.05, 4.69) is 6.08 Å². The van der Waals surface area contributed by atoms with Crippen LogP contribution in [0.25, 0.3) is 0 Å². The van der Waals surface area contributed by atoms with Gasteiger partial charge in [0.15, 0.2) is 0 Å². The number of hydrogen-bond acceptors (Lipinski definition) is 2. The van der Waals surface area contributed by atoms with Gasteiger partial charge in [-0.1, -0.05) is 24.3 Å². The summed E-state index contributed by atoms with van der Waals surface area (Å²) in [5.74, 6) is 1.03. The lowest BCUT2D eigenvalue weighted by atomic mass is 10.1. The fraction of sp³-hybridized carbons (Fsp3) is 0.308. The second-order valence-corrected chi connectivity index (χ2v) is 4.17. The third-order valence-electron chi connectivity index (χ3n) is 3.29. The van der Waals surface area contributed by atoms with E-state index in [9.17, 15) is 4.79 Å². The maximum absolute atomic E-state index is 12.1. The molecule has 1 fully saturated rings. The van der Waals surface area contributed by atoms with Crippen LogP contribution in [0.1, 0.15) is 6.42 Å². The van der Waals surface area contributed by atoms with Crippen molar-refractivity contribution in [2.24, 2.45) is 5.92 Å². The van der Waals surface area contributed by atoms with Crippen LogP contribution >= 0.6 is 0 Å². The molecule has 0 radical (unpaired) electrons. The molecule has 16 heavy (non-hydrogen) atoms. The summed E-state index contributed by atoms with van der Waals surface area (Å²) in [6.07, 6.45) is 5.04. The van der Waals surface area contributed by atoms with Crippen molar-refractivity contribution in [2.45, 2.75) is 12.5 Å². The van der Waals surface area contributed by atoms with Crippen LogP contribution in [0.2, 0.25) is 0 Å². The van der Waals surface area contributed by atoms with Crippen LogP contribution in [-0.2, 0) is 4.79 Å². The normalized spacial score (nSPS) is 26.6. The monoisotopic (exact) mass is 215 g/mol. The summed E-state index contributed by atoms with van der Waals surface area (Å²) in [7, 11) is 1.63. The number of carbonyl (C=O) groups excluding carboxylic acids is 1. The molecule has 1 aromatic rings. The van der Waals surface area contributed by atoms with Gasteiger partial charge >= 0.3 is 0 Å². The Morgan fingerprint density at radius 3 is 2.81 bits per heavy atom. The lowest BCUT2D eigenvalue weighted by Crippen LogP contribution is -2.34. The average Bonchev–Trinajstić information content (AvgIpc) is 2.89. The van der Waals surface area contributed by atoms with Gasteiger partial charge in [-0.2, -0.15) is 0 Å². The number of carbonyl (C=O) groups is 1. The van der Waals surface area contributed by atoms with Gasteiger partial charge in [0, 0.05) is 0 Å². The van der Waals surface area contributed by atoms with Crippen molar-refractivity contribution >= 4 is 11.6 Å². The van der Waals surface area contributed by atoms with Crippen molar-refractivity contribution in [3.63, 3.8) is 0 Å². The molecule has 2 unspecified atom stereocenters. The van der Waals surface area contributed by atoms with Crippen LogP contribution in [0.15, 0.2) is 36.4 Å². The Morgan fingerprint density at radius 2 is 2.12 bits per heavy atom. The maximum Gasteiger partial charge on any atom is 0.234 e. The smallest absolute Gasteiger partial charge is 0.234 e. The number of anilines is 1. The molecule has 0 aromatic heterocycles. The number of amides is 1. The molecule has 2 atom stereocenters. The molecule has 1 aliphatic carbocycles. The van der Waals surface area contributed by atoms with Gasteiger partial charge in [0.05, 0.1) is 24.8 Å². The summed E-state index contributed by atoms with van der Waals surface area (Å²) in [5.41, 5.74) is 0.881. The van der Waals surface area contributed by atoms with E-state index >= 15 is 0 Å². The maximum atomic E-state index is 12.1. The number of fused-ring (bicyclic) bond motifs is 2. The van der Waals surface area contributed by atoms with Crippen molar-refractivity contribution in [1.29, 1.82) is 0 Å². The van der Waals surface area contributed by atoms with Crippen molar-refractivity contribution < 1.29 is 9.53 Å². The lowest BCUT2D eigenvalue weighted by molar-refractivity contribution is -0.119. The molecule has 0 N–H and O–H groups in total. The van der Waals surface area contributed by atoms with Gasteiger partial charge in [0.25, 0.3) is 0 Å². The summed E-state index contributed by atoms with van der Waals surface area (Å²) in [5, 5.41) is 0. The largest absolute Gasteiger partial charge is 0.495 e. The molecule has 0 saturated carbocycles. The Labute approximate surface area is 94.3 Å². The Kier molecular flexibility index (Phi) is 1.99. The highest BCUT2D eigenvalue weighted by Gasteiger charge is 2.42. The Bertz CT molecular complexity index is 467. The molecule has 3 rings (SSSR count). The van der Waals surface area contributed by atoms with Crippen LogP contribution in [0.4, 0.5) is 5.69 Å². The molecule has 1 amide bonds. The molecule has 3 nitrogen and oxygen atoms in total. The highest BCUT2D eigenvalue weighted by atomic mass is 16.5. The van der Waals surface area contributed by atoms with Crippen molar-refractivity contribution in [2.75, 3.05) is 12.0 Å². The predicted molar refractivity (Wildman–Crippen MR) is 61.5 cm³/mol. The number of benzene rings is 1. The fourth-order valence-corrected chi connectivity index (χ4v) is 2.52. The van der Waals surface area contributed by atoms with Crippen LogP contribution in [0, 0.1) is 5.92 Å². The van der Waals surface area contributed by atoms with E-state index in [1.54, 1.807) is 7.11 Å². The molecule has 1 aromatic carbocycles. The van der Waals surface area contributed by atoms with Crippen LogP contribution in [-0.4, -0.2) is 19.1 Å². The van der Waals surface area contributed by atoms with Gasteiger partial charge < -0.3 is 9.64 Å².